The molecule has 2 aromatic heterocycles. The van der Waals surface area contributed by atoms with Crippen LogP contribution in [-0.2, 0) is 0 Å². The van der Waals surface area contributed by atoms with Gasteiger partial charge in [0.15, 0.2) is 0 Å². The number of nitrogens with zero attached hydrogens (tertiary/aromatic N) is 4. The fraction of sp³-hybridized carbons (Fsp3) is 0. The maximum Gasteiger partial charge on any atom is 1.00 e. The van der Waals surface area contributed by atoms with E-state index in [0.717, 1.165) is 5.69 Å². The number of rotatable bonds is 1. The summed E-state index contributed by atoms with van der Waals surface area (Å²) in [4.78, 5) is 7.96. The van der Waals surface area contributed by atoms with Crippen LogP contribution < -0.4 is 34.7 Å². The van der Waals surface area contributed by atoms with Crippen molar-refractivity contribution in [1.29, 1.82) is 0 Å². The van der Waals surface area contributed by atoms with E-state index in [2.05, 4.69) is 20.2 Å². The van der Waals surface area contributed by atoms with Gasteiger partial charge in [0.05, 0.1) is 11.5 Å². The third kappa shape index (κ3) is 1.91. The molecule has 0 unspecified atom stereocenters. The molecule has 0 fully saturated rings. The molecule has 0 aliphatic heterocycles. The zero-order valence-electron chi connectivity index (χ0n) is 6.68. The molecule has 0 atom stereocenters. The molecule has 0 saturated carbocycles. The summed E-state index contributed by atoms with van der Waals surface area (Å²) in [6.45, 7) is 0. The Kier molecular flexibility index (Phi) is 3.40. The smallest absolute Gasteiger partial charge is 0.424 e. The van der Waals surface area contributed by atoms with Crippen LogP contribution in [0.1, 0.15) is 0 Å². The van der Waals surface area contributed by atoms with Crippen LogP contribution in [0.3, 0.4) is 0 Å². The molecule has 2 heterocycles. The Bertz CT molecular complexity index is 318. The second-order valence-electron chi connectivity index (χ2n) is 2.00. The van der Waals surface area contributed by atoms with Gasteiger partial charge in [0.25, 0.3) is 0 Å². The first-order valence-corrected chi connectivity index (χ1v) is 3.18. The third-order valence-electron chi connectivity index (χ3n) is 1.28. The van der Waals surface area contributed by atoms with Gasteiger partial charge in [-0.2, -0.15) is 0 Å². The summed E-state index contributed by atoms with van der Waals surface area (Å²) in [5.41, 5.74) is 0.755. The van der Waals surface area contributed by atoms with Crippen molar-refractivity contribution in [3.05, 3.63) is 30.7 Å². The summed E-state index contributed by atoms with van der Waals surface area (Å²) in [6, 6.07) is 5.58. The van der Waals surface area contributed by atoms with Crippen LogP contribution >= 0.6 is 0 Å². The van der Waals surface area contributed by atoms with Gasteiger partial charge in [0, 0.05) is 6.20 Å². The van der Waals surface area contributed by atoms with Crippen LogP contribution in [0.4, 0.5) is 0 Å². The summed E-state index contributed by atoms with van der Waals surface area (Å²) in [7, 11) is 0. The fourth-order valence-electron chi connectivity index (χ4n) is 0.799. The monoisotopic (exact) mass is 168 g/mol. The molecule has 0 aliphatic carbocycles. The minimum absolute atomic E-state index is 0. The molecule has 0 bridgehead atoms. The van der Waals surface area contributed by atoms with Crippen molar-refractivity contribution in [1.82, 2.24) is 20.2 Å². The SMILES string of the molecule is [Na+].c1ccc(-c2nc[n-]n2)nc1. The Morgan fingerprint density at radius 1 is 1.17 bits per heavy atom. The molecular weight excluding hydrogens is 163 g/mol. The molecule has 0 saturated heterocycles. The normalized spacial score (nSPS) is 9.00. The summed E-state index contributed by atoms with van der Waals surface area (Å²) >= 11 is 0. The van der Waals surface area contributed by atoms with Crippen LogP contribution in [0.2, 0.25) is 0 Å². The van der Waals surface area contributed by atoms with Crippen molar-refractivity contribution in [3.8, 4) is 11.5 Å². The molecule has 54 valence electrons. The zero-order chi connectivity index (χ0) is 7.52. The number of hydrogen-bond acceptors (Lipinski definition) is 3. The van der Waals surface area contributed by atoms with Gasteiger partial charge in [-0.05, 0) is 12.1 Å². The van der Waals surface area contributed by atoms with Gasteiger partial charge in [-0.15, -0.1) is 0 Å². The van der Waals surface area contributed by atoms with E-state index in [1.165, 1.54) is 6.33 Å². The average molecular weight is 168 g/mol. The molecule has 0 aliphatic rings. The predicted octanol–water partition coefficient (Wildman–Crippen LogP) is -2.50. The molecule has 2 rings (SSSR count). The second kappa shape index (κ2) is 4.35. The van der Waals surface area contributed by atoms with Crippen LogP contribution in [0.25, 0.3) is 11.5 Å². The molecule has 0 N–H and O–H groups in total. The number of hydrogen-bond donors (Lipinski definition) is 0. The molecule has 4 nitrogen and oxygen atoms in total. The van der Waals surface area contributed by atoms with Crippen LogP contribution in [-0.4, -0.2) is 15.1 Å². The van der Waals surface area contributed by atoms with E-state index in [-0.39, 0.29) is 29.6 Å². The topological polar surface area (TPSA) is 52.8 Å². The quantitative estimate of drug-likeness (QED) is 0.442. The van der Waals surface area contributed by atoms with Gasteiger partial charge in [-0.1, -0.05) is 12.4 Å². The molecule has 0 aromatic carbocycles. The first-order chi connectivity index (χ1) is 5.47. The summed E-state index contributed by atoms with van der Waals surface area (Å²) in [5, 5.41) is 7.36. The first kappa shape index (κ1) is 9.38. The largest absolute Gasteiger partial charge is 1.00 e. The summed E-state index contributed by atoms with van der Waals surface area (Å²) < 4.78 is 0. The average Bonchev–Trinajstić information content (AvgIpc) is 2.58. The molecule has 12 heavy (non-hydrogen) atoms. The van der Waals surface area contributed by atoms with Crippen molar-refractivity contribution < 1.29 is 29.6 Å². The van der Waals surface area contributed by atoms with E-state index in [0.29, 0.717) is 5.82 Å². The van der Waals surface area contributed by atoms with E-state index in [1.54, 1.807) is 6.20 Å². The minimum atomic E-state index is 0. The Morgan fingerprint density at radius 3 is 2.67 bits per heavy atom. The standard InChI is InChI=1S/C7H5N4.Na/c1-2-4-8-6(3-1)7-9-5-10-11-7;/h1-5H;/q-1;+1. The van der Waals surface area contributed by atoms with Gasteiger partial charge in [-0.3, -0.25) is 10.1 Å². The van der Waals surface area contributed by atoms with E-state index in [9.17, 15) is 0 Å². The Hall–Kier alpha value is -0.710. The second-order valence-corrected chi connectivity index (χ2v) is 2.00. The third-order valence-corrected chi connectivity index (χ3v) is 1.28. The van der Waals surface area contributed by atoms with Crippen LogP contribution in [0.5, 0.6) is 0 Å². The van der Waals surface area contributed by atoms with Crippen molar-refractivity contribution in [3.63, 3.8) is 0 Å². The van der Waals surface area contributed by atoms with E-state index < -0.39 is 0 Å². The van der Waals surface area contributed by atoms with E-state index in [1.807, 2.05) is 18.2 Å². The van der Waals surface area contributed by atoms with E-state index >= 15 is 0 Å². The van der Waals surface area contributed by atoms with Gasteiger partial charge in [-0.25, -0.2) is 0 Å². The van der Waals surface area contributed by atoms with Gasteiger partial charge < -0.3 is 10.1 Å². The van der Waals surface area contributed by atoms with Crippen molar-refractivity contribution in [2.45, 2.75) is 0 Å². The first-order valence-electron chi connectivity index (χ1n) is 3.18. The van der Waals surface area contributed by atoms with Crippen LogP contribution in [0, 0.1) is 0 Å². The Balaban J connectivity index is 0.000000720. The molecule has 0 spiro atoms. The molecule has 2 aromatic rings. The fourth-order valence-corrected chi connectivity index (χ4v) is 0.799. The molecular formula is C7H5N4Na. The van der Waals surface area contributed by atoms with Gasteiger partial charge in [0.1, 0.15) is 0 Å². The Labute approximate surface area is 91.7 Å². The van der Waals surface area contributed by atoms with E-state index in [4.69, 9.17) is 0 Å². The summed E-state index contributed by atoms with van der Waals surface area (Å²) in [5.74, 6) is 0.575. The number of aromatic nitrogens is 4. The van der Waals surface area contributed by atoms with Crippen molar-refractivity contribution in [2.24, 2.45) is 0 Å². The Morgan fingerprint density at radius 2 is 2.08 bits per heavy atom. The van der Waals surface area contributed by atoms with Gasteiger partial charge in [0.2, 0.25) is 0 Å². The molecule has 0 amide bonds. The maximum absolute atomic E-state index is 4.06. The molecule has 0 radical (unpaired) electrons. The van der Waals surface area contributed by atoms with Crippen molar-refractivity contribution >= 4 is 0 Å². The van der Waals surface area contributed by atoms with Gasteiger partial charge >= 0.3 is 29.6 Å². The minimum Gasteiger partial charge on any atom is -0.424 e. The van der Waals surface area contributed by atoms with Crippen LogP contribution in [0.15, 0.2) is 30.7 Å². The predicted molar refractivity (Wildman–Crippen MR) is 38.6 cm³/mol. The molecule has 5 heteroatoms. The van der Waals surface area contributed by atoms with Crippen molar-refractivity contribution in [2.75, 3.05) is 0 Å². The zero-order valence-corrected chi connectivity index (χ0v) is 8.68. The maximum atomic E-state index is 4.06. The number of pyridine rings is 1. The summed E-state index contributed by atoms with van der Waals surface area (Å²) in [6.07, 6.45) is 3.11.